The van der Waals surface area contributed by atoms with Gasteiger partial charge in [-0.25, -0.2) is 0 Å². The first-order valence-corrected chi connectivity index (χ1v) is 5.12. The molecule has 1 heterocycles. The van der Waals surface area contributed by atoms with E-state index < -0.39 is 0 Å². The molecule has 0 radical (unpaired) electrons. The van der Waals surface area contributed by atoms with Crippen LogP contribution in [0.15, 0.2) is 35.2 Å². The molecule has 0 bridgehead atoms. The molecule has 0 spiro atoms. The van der Waals surface area contributed by atoms with Crippen LogP contribution in [0.4, 0.5) is 0 Å². The highest BCUT2D eigenvalue weighted by Crippen LogP contribution is 2.24. The first kappa shape index (κ1) is 11.5. The Morgan fingerprint density at radius 2 is 2.29 bits per heavy atom. The van der Waals surface area contributed by atoms with Gasteiger partial charge >= 0.3 is 0 Å². The molecular weight excluding hydrogens is 222 g/mol. The predicted molar refractivity (Wildman–Crippen MR) is 59.8 cm³/mol. The lowest BCUT2D eigenvalue weighted by Crippen LogP contribution is -1.98. The van der Waals surface area contributed by atoms with Crippen molar-refractivity contribution in [2.24, 2.45) is 0 Å². The predicted octanol–water partition coefficient (Wildman–Crippen LogP) is 1.75. The summed E-state index contributed by atoms with van der Waals surface area (Å²) in [6.45, 7) is 0.249. The molecule has 5 heteroatoms. The normalized spacial score (nSPS) is 10.2. The van der Waals surface area contributed by atoms with Crippen LogP contribution in [0.2, 0.25) is 0 Å². The fraction of sp³-hybridized carbons (Fsp3) is 0.250. The molecule has 0 saturated heterocycles. The molecular formula is C12H13NO4. The number of hydrogen-bond donors (Lipinski definition) is 1. The summed E-state index contributed by atoms with van der Waals surface area (Å²) in [6.07, 6.45) is 3.10. The zero-order valence-corrected chi connectivity index (χ0v) is 9.42. The van der Waals surface area contributed by atoms with Gasteiger partial charge in [-0.15, -0.1) is 0 Å². The molecule has 1 N–H and O–H groups in total. The summed E-state index contributed by atoms with van der Waals surface area (Å²) in [5.74, 6) is 1.31. The van der Waals surface area contributed by atoms with Gasteiger partial charge in [0.25, 0.3) is 0 Å². The molecule has 90 valence electrons. The second-order valence-electron chi connectivity index (χ2n) is 3.45. The molecule has 1 aromatic heterocycles. The highest BCUT2D eigenvalue weighted by Gasteiger charge is 2.06. The van der Waals surface area contributed by atoms with Crippen molar-refractivity contribution in [3.8, 4) is 11.5 Å². The molecule has 0 aliphatic rings. The van der Waals surface area contributed by atoms with E-state index in [1.807, 2.05) is 0 Å². The average Bonchev–Trinajstić information content (AvgIpc) is 2.89. The third-order valence-electron chi connectivity index (χ3n) is 2.32. The Balaban J connectivity index is 2.09. The van der Waals surface area contributed by atoms with Crippen molar-refractivity contribution in [2.75, 3.05) is 7.11 Å². The molecule has 0 atom stereocenters. The Morgan fingerprint density at radius 1 is 1.41 bits per heavy atom. The third-order valence-corrected chi connectivity index (χ3v) is 2.32. The summed E-state index contributed by atoms with van der Waals surface area (Å²) >= 11 is 0. The average molecular weight is 235 g/mol. The molecule has 1 aromatic carbocycles. The standard InChI is InChI=1S/C12H13NO4/c1-15-11-2-3-12(10(4-11)6-14)16-7-9-5-13-17-8-9/h2-5,8,14H,6-7H2,1H3. The third kappa shape index (κ3) is 2.76. The molecule has 0 unspecified atom stereocenters. The lowest BCUT2D eigenvalue weighted by atomic mass is 10.2. The fourth-order valence-electron chi connectivity index (χ4n) is 1.41. The van der Waals surface area contributed by atoms with Crippen LogP contribution in [-0.4, -0.2) is 17.4 Å². The van der Waals surface area contributed by atoms with E-state index in [9.17, 15) is 5.11 Å². The highest BCUT2D eigenvalue weighted by atomic mass is 16.5. The lowest BCUT2D eigenvalue weighted by molar-refractivity contribution is 0.257. The Labute approximate surface area is 98.6 Å². The van der Waals surface area contributed by atoms with Crippen LogP contribution in [0.3, 0.4) is 0 Å². The summed E-state index contributed by atoms with van der Waals surface area (Å²) in [5, 5.41) is 12.8. The lowest BCUT2D eigenvalue weighted by Gasteiger charge is -2.10. The van der Waals surface area contributed by atoms with Crippen LogP contribution in [-0.2, 0) is 13.2 Å². The maximum absolute atomic E-state index is 9.23. The monoisotopic (exact) mass is 235 g/mol. The van der Waals surface area contributed by atoms with Crippen LogP contribution in [0.1, 0.15) is 11.1 Å². The summed E-state index contributed by atoms with van der Waals surface area (Å²) in [6, 6.07) is 5.28. The molecule has 17 heavy (non-hydrogen) atoms. The minimum absolute atomic E-state index is 0.101. The second kappa shape index (κ2) is 5.36. The van der Waals surface area contributed by atoms with Gasteiger partial charge in [0.2, 0.25) is 0 Å². The van der Waals surface area contributed by atoms with Gasteiger partial charge in [-0.05, 0) is 18.2 Å². The second-order valence-corrected chi connectivity index (χ2v) is 3.45. The molecule has 2 rings (SSSR count). The largest absolute Gasteiger partial charge is 0.497 e. The molecule has 5 nitrogen and oxygen atoms in total. The Hall–Kier alpha value is -2.01. The number of methoxy groups -OCH3 is 1. The first-order valence-electron chi connectivity index (χ1n) is 5.12. The van der Waals surface area contributed by atoms with Crippen LogP contribution in [0, 0.1) is 0 Å². The zero-order valence-electron chi connectivity index (χ0n) is 9.42. The van der Waals surface area contributed by atoms with E-state index in [0.717, 1.165) is 5.56 Å². The quantitative estimate of drug-likeness (QED) is 0.855. The van der Waals surface area contributed by atoms with Gasteiger partial charge in [0.05, 0.1) is 19.9 Å². The van der Waals surface area contributed by atoms with Crippen LogP contribution >= 0.6 is 0 Å². The maximum atomic E-state index is 9.23. The number of rotatable bonds is 5. The summed E-state index contributed by atoms with van der Waals surface area (Å²) < 4.78 is 15.3. The number of aromatic nitrogens is 1. The van der Waals surface area contributed by atoms with Gasteiger partial charge in [0.15, 0.2) is 0 Å². The Bertz CT molecular complexity index is 467. The number of benzene rings is 1. The van der Waals surface area contributed by atoms with E-state index in [-0.39, 0.29) is 6.61 Å². The number of aliphatic hydroxyl groups is 1. The van der Waals surface area contributed by atoms with E-state index in [4.69, 9.17) is 14.0 Å². The van der Waals surface area contributed by atoms with Gasteiger partial charge < -0.3 is 19.1 Å². The Morgan fingerprint density at radius 3 is 2.94 bits per heavy atom. The number of nitrogens with zero attached hydrogens (tertiary/aromatic N) is 1. The van der Waals surface area contributed by atoms with E-state index in [1.54, 1.807) is 31.5 Å². The van der Waals surface area contributed by atoms with E-state index in [2.05, 4.69) is 5.16 Å². The fourth-order valence-corrected chi connectivity index (χ4v) is 1.41. The zero-order chi connectivity index (χ0) is 12.1. The first-order chi connectivity index (χ1) is 8.33. The van der Waals surface area contributed by atoms with Crippen LogP contribution < -0.4 is 9.47 Å². The van der Waals surface area contributed by atoms with E-state index in [1.165, 1.54) is 6.26 Å². The van der Waals surface area contributed by atoms with Crippen LogP contribution in [0.5, 0.6) is 11.5 Å². The number of ether oxygens (including phenoxy) is 2. The molecule has 0 saturated carbocycles. The van der Waals surface area contributed by atoms with Gasteiger partial charge in [-0.3, -0.25) is 0 Å². The minimum Gasteiger partial charge on any atom is -0.497 e. The van der Waals surface area contributed by atoms with Crippen molar-refractivity contribution in [3.63, 3.8) is 0 Å². The van der Waals surface area contributed by atoms with Gasteiger partial charge in [0, 0.05) is 11.1 Å². The molecule has 0 fully saturated rings. The van der Waals surface area contributed by atoms with Crippen molar-refractivity contribution < 1.29 is 19.1 Å². The number of hydrogen-bond acceptors (Lipinski definition) is 5. The highest BCUT2D eigenvalue weighted by molar-refractivity contribution is 5.39. The minimum atomic E-state index is -0.101. The Kier molecular flexibility index (Phi) is 3.62. The van der Waals surface area contributed by atoms with Crippen molar-refractivity contribution in [3.05, 3.63) is 41.8 Å². The summed E-state index contributed by atoms with van der Waals surface area (Å²) in [7, 11) is 1.58. The molecule has 0 amide bonds. The van der Waals surface area contributed by atoms with Crippen molar-refractivity contribution in [1.82, 2.24) is 5.16 Å². The van der Waals surface area contributed by atoms with Crippen molar-refractivity contribution in [1.29, 1.82) is 0 Å². The number of aliphatic hydroxyl groups excluding tert-OH is 1. The summed E-state index contributed by atoms with van der Waals surface area (Å²) in [4.78, 5) is 0. The molecule has 0 aliphatic carbocycles. The van der Waals surface area contributed by atoms with E-state index >= 15 is 0 Å². The van der Waals surface area contributed by atoms with Crippen LogP contribution in [0.25, 0.3) is 0 Å². The van der Waals surface area contributed by atoms with Gasteiger partial charge in [0.1, 0.15) is 24.4 Å². The van der Waals surface area contributed by atoms with Gasteiger partial charge in [-0.2, -0.15) is 0 Å². The van der Waals surface area contributed by atoms with Crippen molar-refractivity contribution >= 4 is 0 Å². The van der Waals surface area contributed by atoms with Gasteiger partial charge in [-0.1, -0.05) is 5.16 Å². The smallest absolute Gasteiger partial charge is 0.130 e. The van der Waals surface area contributed by atoms with Crippen molar-refractivity contribution in [2.45, 2.75) is 13.2 Å². The summed E-state index contributed by atoms with van der Waals surface area (Å²) in [5.41, 5.74) is 1.52. The topological polar surface area (TPSA) is 64.7 Å². The SMILES string of the molecule is COc1ccc(OCc2cnoc2)c(CO)c1. The maximum Gasteiger partial charge on any atom is 0.130 e. The molecule has 2 aromatic rings. The molecule has 0 aliphatic heterocycles. The van der Waals surface area contributed by atoms with E-state index in [0.29, 0.717) is 23.7 Å².